The zero-order valence-electron chi connectivity index (χ0n) is 11.4. The van der Waals surface area contributed by atoms with E-state index in [4.69, 9.17) is 10.5 Å². The third kappa shape index (κ3) is 6.59. The zero-order valence-corrected chi connectivity index (χ0v) is 12.9. The highest BCUT2D eigenvalue weighted by Gasteiger charge is 2.13. The van der Waals surface area contributed by atoms with E-state index < -0.39 is 6.04 Å². The number of rotatable bonds is 7. The lowest BCUT2D eigenvalue weighted by atomic mass is 10.0. The zero-order chi connectivity index (χ0) is 14.3. The second kappa shape index (κ2) is 8.17. The monoisotopic (exact) mass is 328 g/mol. The number of amides is 1. The van der Waals surface area contributed by atoms with Crippen molar-refractivity contribution in [1.82, 2.24) is 5.32 Å². The highest BCUT2D eigenvalue weighted by atomic mass is 79.9. The molecule has 19 heavy (non-hydrogen) atoms. The lowest BCUT2D eigenvalue weighted by molar-refractivity contribution is -0.122. The number of benzene rings is 1. The van der Waals surface area contributed by atoms with E-state index in [9.17, 15) is 4.79 Å². The van der Waals surface area contributed by atoms with Gasteiger partial charge in [-0.25, -0.2) is 0 Å². The van der Waals surface area contributed by atoms with Crippen LogP contribution in [-0.2, 0) is 4.79 Å². The first-order valence-electron chi connectivity index (χ1n) is 6.40. The van der Waals surface area contributed by atoms with Crippen molar-refractivity contribution < 1.29 is 9.53 Å². The highest BCUT2D eigenvalue weighted by Crippen LogP contribution is 2.15. The van der Waals surface area contributed by atoms with Gasteiger partial charge in [-0.1, -0.05) is 29.8 Å². The van der Waals surface area contributed by atoms with E-state index in [0.717, 1.165) is 10.2 Å². The van der Waals surface area contributed by atoms with Gasteiger partial charge in [0.2, 0.25) is 5.91 Å². The predicted molar refractivity (Wildman–Crippen MR) is 80.1 cm³/mol. The van der Waals surface area contributed by atoms with Crippen LogP contribution in [0.15, 0.2) is 28.7 Å². The summed E-state index contributed by atoms with van der Waals surface area (Å²) < 4.78 is 6.50. The molecule has 0 aliphatic carbocycles. The van der Waals surface area contributed by atoms with Crippen LogP contribution in [-0.4, -0.2) is 25.1 Å². The molecule has 0 spiro atoms. The molecule has 0 bridgehead atoms. The van der Waals surface area contributed by atoms with E-state index >= 15 is 0 Å². The topological polar surface area (TPSA) is 64.4 Å². The second-order valence-corrected chi connectivity index (χ2v) is 5.75. The number of ether oxygens (including phenoxy) is 1. The Morgan fingerprint density at radius 3 is 2.58 bits per heavy atom. The van der Waals surface area contributed by atoms with Crippen molar-refractivity contribution in [3.8, 4) is 5.75 Å². The molecule has 4 nitrogen and oxygen atoms in total. The van der Waals surface area contributed by atoms with Crippen LogP contribution in [0.2, 0.25) is 0 Å². The highest BCUT2D eigenvalue weighted by molar-refractivity contribution is 9.10. The smallest absolute Gasteiger partial charge is 0.237 e. The molecule has 1 atom stereocenters. The summed E-state index contributed by atoms with van der Waals surface area (Å²) in [7, 11) is 0. The summed E-state index contributed by atoms with van der Waals surface area (Å²) in [6.07, 6.45) is 0.694. The Kier molecular flexibility index (Phi) is 6.87. The maximum Gasteiger partial charge on any atom is 0.237 e. The average molecular weight is 329 g/mol. The SMILES string of the molecule is CC(C)C[C@H](N)C(=O)NCCOc1ccc(Br)cc1. The summed E-state index contributed by atoms with van der Waals surface area (Å²) >= 11 is 3.36. The number of hydrogen-bond acceptors (Lipinski definition) is 3. The molecule has 0 unspecified atom stereocenters. The van der Waals surface area contributed by atoms with Crippen molar-refractivity contribution in [1.29, 1.82) is 0 Å². The third-order valence-corrected chi connectivity index (χ3v) is 3.07. The first-order chi connectivity index (χ1) is 8.99. The van der Waals surface area contributed by atoms with Gasteiger partial charge in [0.15, 0.2) is 0 Å². The van der Waals surface area contributed by atoms with Crippen molar-refractivity contribution in [3.63, 3.8) is 0 Å². The summed E-state index contributed by atoms with van der Waals surface area (Å²) in [4.78, 5) is 11.6. The Morgan fingerprint density at radius 2 is 2.00 bits per heavy atom. The van der Waals surface area contributed by atoms with Crippen LogP contribution in [0, 0.1) is 5.92 Å². The lowest BCUT2D eigenvalue weighted by Crippen LogP contribution is -2.42. The summed E-state index contributed by atoms with van der Waals surface area (Å²) in [5, 5.41) is 2.77. The molecule has 0 heterocycles. The number of carbonyl (C=O) groups excluding carboxylic acids is 1. The molecule has 0 saturated heterocycles. The van der Waals surface area contributed by atoms with Gasteiger partial charge in [0, 0.05) is 4.47 Å². The molecule has 0 aliphatic rings. The number of hydrogen-bond donors (Lipinski definition) is 2. The van der Waals surface area contributed by atoms with Crippen LogP contribution in [0.5, 0.6) is 5.75 Å². The Morgan fingerprint density at radius 1 is 1.37 bits per heavy atom. The van der Waals surface area contributed by atoms with Crippen molar-refractivity contribution in [2.45, 2.75) is 26.3 Å². The molecule has 0 aliphatic heterocycles. The molecule has 1 aromatic rings. The first-order valence-corrected chi connectivity index (χ1v) is 7.20. The Bertz CT molecular complexity index is 393. The van der Waals surface area contributed by atoms with E-state index in [2.05, 4.69) is 21.2 Å². The fraction of sp³-hybridized carbons (Fsp3) is 0.500. The maximum absolute atomic E-state index is 11.6. The lowest BCUT2D eigenvalue weighted by Gasteiger charge is -2.14. The van der Waals surface area contributed by atoms with Gasteiger partial charge in [-0.2, -0.15) is 0 Å². The average Bonchev–Trinajstić information content (AvgIpc) is 2.35. The standard InChI is InChI=1S/C14H21BrN2O2/c1-10(2)9-13(16)14(18)17-7-8-19-12-5-3-11(15)4-6-12/h3-6,10,13H,7-9,16H2,1-2H3,(H,17,18)/t13-/m0/s1. The molecular formula is C14H21BrN2O2. The fourth-order valence-electron chi connectivity index (χ4n) is 1.62. The van der Waals surface area contributed by atoms with Gasteiger partial charge in [0.05, 0.1) is 12.6 Å². The van der Waals surface area contributed by atoms with Gasteiger partial charge in [0.25, 0.3) is 0 Å². The fourth-order valence-corrected chi connectivity index (χ4v) is 1.88. The van der Waals surface area contributed by atoms with E-state index in [0.29, 0.717) is 25.5 Å². The van der Waals surface area contributed by atoms with Gasteiger partial charge < -0.3 is 15.8 Å². The Balaban J connectivity index is 2.20. The molecule has 5 heteroatoms. The summed E-state index contributed by atoms with van der Waals surface area (Å²) in [5.74, 6) is 1.08. The first kappa shape index (κ1) is 16.0. The van der Waals surface area contributed by atoms with E-state index in [1.165, 1.54) is 0 Å². The number of carbonyl (C=O) groups is 1. The Hall–Kier alpha value is -1.07. The van der Waals surface area contributed by atoms with Crippen LogP contribution in [0.3, 0.4) is 0 Å². The molecule has 106 valence electrons. The molecule has 3 N–H and O–H groups in total. The second-order valence-electron chi connectivity index (χ2n) is 4.83. The molecule has 1 aromatic carbocycles. The molecule has 0 saturated carbocycles. The molecule has 1 amide bonds. The summed E-state index contributed by atoms with van der Waals surface area (Å²) in [6.45, 7) is 4.98. The minimum absolute atomic E-state index is 0.117. The minimum Gasteiger partial charge on any atom is -0.492 e. The number of nitrogens with two attached hydrogens (primary N) is 1. The summed E-state index contributed by atoms with van der Waals surface area (Å²) in [6, 6.07) is 7.12. The van der Waals surface area contributed by atoms with Gasteiger partial charge in [-0.05, 0) is 36.6 Å². The maximum atomic E-state index is 11.6. The largest absolute Gasteiger partial charge is 0.492 e. The van der Waals surface area contributed by atoms with Gasteiger partial charge >= 0.3 is 0 Å². The third-order valence-electron chi connectivity index (χ3n) is 2.55. The van der Waals surface area contributed by atoms with E-state index in [1.807, 2.05) is 38.1 Å². The van der Waals surface area contributed by atoms with E-state index in [-0.39, 0.29) is 5.91 Å². The number of nitrogens with one attached hydrogen (secondary N) is 1. The van der Waals surface area contributed by atoms with Crippen LogP contribution in [0.1, 0.15) is 20.3 Å². The van der Waals surface area contributed by atoms with E-state index in [1.54, 1.807) is 0 Å². The van der Waals surface area contributed by atoms with Crippen molar-refractivity contribution in [3.05, 3.63) is 28.7 Å². The van der Waals surface area contributed by atoms with Crippen molar-refractivity contribution in [2.75, 3.05) is 13.2 Å². The molecular weight excluding hydrogens is 308 g/mol. The predicted octanol–water partition coefficient (Wildman–Crippen LogP) is 2.32. The minimum atomic E-state index is -0.437. The van der Waals surface area contributed by atoms with Crippen LogP contribution in [0.4, 0.5) is 0 Å². The number of halogens is 1. The van der Waals surface area contributed by atoms with Crippen LogP contribution in [0.25, 0.3) is 0 Å². The molecule has 0 aromatic heterocycles. The van der Waals surface area contributed by atoms with Crippen molar-refractivity contribution >= 4 is 21.8 Å². The van der Waals surface area contributed by atoms with Crippen LogP contribution >= 0.6 is 15.9 Å². The molecule has 1 rings (SSSR count). The van der Waals surface area contributed by atoms with Gasteiger partial charge in [0.1, 0.15) is 12.4 Å². The van der Waals surface area contributed by atoms with Gasteiger partial charge in [-0.3, -0.25) is 4.79 Å². The molecule has 0 fully saturated rings. The molecule has 0 radical (unpaired) electrons. The summed E-state index contributed by atoms with van der Waals surface area (Å²) in [5.41, 5.74) is 5.77. The van der Waals surface area contributed by atoms with Crippen LogP contribution < -0.4 is 15.8 Å². The van der Waals surface area contributed by atoms with Gasteiger partial charge in [-0.15, -0.1) is 0 Å². The van der Waals surface area contributed by atoms with Crippen molar-refractivity contribution in [2.24, 2.45) is 11.7 Å². The normalized spacial score (nSPS) is 12.3. The Labute approximate surface area is 122 Å². The quantitative estimate of drug-likeness (QED) is 0.755.